The number of thioether (sulfide) groups is 1. The van der Waals surface area contributed by atoms with Crippen molar-refractivity contribution in [2.24, 2.45) is 4.99 Å². The lowest BCUT2D eigenvalue weighted by atomic mass is 10.1. The van der Waals surface area contributed by atoms with E-state index in [1.807, 2.05) is 6.92 Å². The Balaban J connectivity index is 1.57. The van der Waals surface area contributed by atoms with Gasteiger partial charge in [0.1, 0.15) is 12.4 Å². The number of ether oxygens (including phenoxy) is 2. The van der Waals surface area contributed by atoms with Crippen molar-refractivity contribution in [2.75, 3.05) is 13.7 Å². The number of carbonyl (C=O) groups is 2. The van der Waals surface area contributed by atoms with Crippen LogP contribution in [-0.2, 0) is 11.4 Å². The molecule has 3 aromatic carbocycles. The van der Waals surface area contributed by atoms with E-state index >= 15 is 0 Å². The van der Waals surface area contributed by atoms with Crippen LogP contribution in [0.3, 0.4) is 0 Å². The van der Waals surface area contributed by atoms with Crippen LogP contribution in [0.2, 0.25) is 5.02 Å². The Morgan fingerprint density at radius 2 is 1.92 bits per heavy atom. The topological polar surface area (TPSA) is 88.4 Å². The van der Waals surface area contributed by atoms with Gasteiger partial charge in [0, 0.05) is 7.05 Å². The summed E-state index contributed by atoms with van der Waals surface area (Å²) in [6.07, 6.45) is 1.68. The molecule has 0 bridgehead atoms. The first-order valence-corrected chi connectivity index (χ1v) is 12.4. The molecule has 7 nitrogen and oxygen atoms in total. The van der Waals surface area contributed by atoms with E-state index < -0.39 is 5.97 Å². The van der Waals surface area contributed by atoms with Crippen molar-refractivity contribution in [1.82, 2.24) is 4.90 Å². The van der Waals surface area contributed by atoms with E-state index in [9.17, 15) is 14.0 Å². The Hall–Kier alpha value is -3.82. The average molecular weight is 541 g/mol. The molecule has 0 saturated carbocycles. The van der Waals surface area contributed by atoms with E-state index in [2.05, 4.69) is 4.99 Å². The van der Waals surface area contributed by atoms with Crippen LogP contribution in [0.15, 0.2) is 70.6 Å². The van der Waals surface area contributed by atoms with Gasteiger partial charge in [-0.2, -0.15) is 0 Å². The van der Waals surface area contributed by atoms with Crippen LogP contribution in [0, 0.1) is 5.82 Å². The fraction of sp³-hybridized carbons (Fsp3) is 0.148. The number of amidine groups is 1. The second-order valence-corrected chi connectivity index (χ2v) is 9.32. The maximum atomic E-state index is 13.5. The number of amides is 1. The van der Waals surface area contributed by atoms with E-state index in [-0.39, 0.29) is 28.9 Å². The molecule has 10 heteroatoms. The minimum absolute atomic E-state index is 0.102. The largest absolute Gasteiger partial charge is 0.490 e. The SMILES string of the molecule is CCOc1cc(C=C2SC(=Nc3ccc(C(=O)O)cc3)N(C)C2=O)cc(Cl)c1OCc1cccc(F)c1. The lowest BCUT2D eigenvalue weighted by molar-refractivity contribution is -0.121. The number of nitrogens with zero attached hydrogens (tertiary/aromatic N) is 2. The van der Waals surface area contributed by atoms with Crippen LogP contribution < -0.4 is 9.47 Å². The highest BCUT2D eigenvalue weighted by Crippen LogP contribution is 2.39. The number of carboxylic acid groups (broad SMARTS) is 1. The molecule has 1 saturated heterocycles. The monoisotopic (exact) mass is 540 g/mol. The van der Waals surface area contributed by atoms with Crippen molar-refractivity contribution in [2.45, 2.75) is 13.5 Å². The van der Waals surface area contributed by atoms with Crippen molar-refractivity contribution in [3.8, 4) is 11.5 Å². The van der Waals surface area contributed by atoms with Crippen LogP contribution in [0.4, 0.5) is 10.1 Å². The molecule has 190 valence electrons. The second-order valence-electron chi connectivity index (χ2n) is 7.90. The summed E-state index contributed by atoms with van der Waals surface area (Å²) in [5, 5.41) is 9.79. The number of carbonyl (C=O) groups excluding carboxylic acids is 1. The molecule has 0 aromatic heterocycles. The van der Waals surface area contributed by atoms with Gasteiger partial charge in [-0.3, -0.25) is 9.69 Å². The molecule has 1 heterocycles. The van der Waals surface area contributed by atoms with Crippen molar-refractivity contribution < 1.29 is 28.6 Å². The maximum Gasteiger partial charge on any atom is 0.335 e. The molecule has 0 unspecified atom stereocenters. The van der Waals surface area contributed by atoms with Crippen LogP contribution in [0.1, 0.15) is 28.4 Å². The number of aliphatic imine (C=N–C) groups is 1. The lowest BCUT2D eigenvalue weighted by Gasteiger charge is -2.15. The molecule has 0 spiro atoms. The molecule has 1 N–H and O–H groups in total. The maximum absolute atomic E-state index is 13.5. The van der Waals surface area contributed by atoms with E-state index in [1.54, 1.807) is 49.5 Å². The summed E-state index contributed by atoms with van der Waals surface area (Å²) in [7, 11) is 1.61. The van der Waals surface area contributed by atoms with Gasteiger partial charge in [0.25, 0.3) is 5.91 Å². The number of aromatic carboxylic acids is 1. The highest BCUT2D eigenvalue weighted by Gasteiger charge is 2.30. The van der Waals surface area contributed by atoms with Crippen molar-refractivity contribution in [3.63, 3.8) is 0 Å². The van der Waals surface area contributed by atoms with Crippen molar-refractivity contribution in [3.05, 3.63) is 93.1 Å². The summed E-state index contributed by atoms with van der Waals surface area (Å²) in [6, 6.07) is 15.5. The standard InChI is InChI=1S/C27H22ClFN2O5S/c1-3-35-22-13-17(12-21(28)24(22)36-15-16-5-4-6-19(29)11-16)14-23-25(32)31(2)27(37-23)30-20-9-7-18(8-10-20)26(33)34/h4-14H,3,15H2,1-2H3,(H,33,34). The first kappa shape index (κ1) is 26.2. The van der Waals surface area contributed by atoms with Crippen LogP contribution >= 0.6 is 23.4 Å². The summed E-state index contributed by atoms with van der Waals surface area (Å²) in [6.45, 7) is 2.29. The van der Waals surface area contributed by atoms with Crippen LogP contribution in [0.5, 0.6) is 11.5 Å². The fourth-order valence-corrected chi connectivity index (χ4v) is 4.71. The van der Waals surface area contributed by atoms with Crippen molar-refractivity contribution in [1.29, 1.82) is 0 Å². The highest BCUT2D eigenvalue weighted by molar-refractivity contribution is 8.18. The quantitative estimate of drug-likeness (QED) is 0.333. The average Bonchev–Trinajstić information content (AvgIpc) is 3.11. The molecule has 37 heavy (non-hydrogen) atoms. The predicted octanol–water partition coefficient (Wildman–Crippen LogP) is 6.39. The summed E-state index contributed by atoms with van der Waals surface area (Å²) in [5.41, 5.74) is 1.95. The molecule has 0 atom stereocenters. The van der Waals surface area contributed by atoms with Gasteiger partial charge >= 0.3 is 5.97 Å². The molecule has 1 aliphatic heterocycles. The second kappa shape index (κ2) is 11.5. The molecule has 1 aliphatic rings. The molecule has 1 amide bonds. The molecule has 0 radical (unpaired) electrons. The Morgan fingerprint density at radius 3 is 2.59 bits per heavy atom. The number of hydrogen-bond donors (Lipinski definition) is 1. The van der Waals surface area contributed by atoms with Gasteiger partial charge in [-0.1, -0.05) is 23.7 Å². The lowest BCUT2D eigenvalue weighted by Crippen LogP contribution is -2.23. The fourth-order valence-electron chi connectivity index (χ4n) is 3.45. The van der Waals surface area contributed by atoms with Gasteiger partial charge in [0.2, 0.25) is 0 Å². The van der Waals surface area contributed by atoms with Crippen LogP contribution in [0.25, 0.3) is 6.08 Å². The third-order valence-electron chi connectivity index (χ3n) is 5.24. The van der Waals surface area contributed by atoms with E-state index in [0.29, 0.717) is 45.0 Å². The normalized spacial score (nSPS) is 15.5. The van der Waals surface area contributed by atoms with E-state index in [1.165, 1.54) is 40.9 Å². The first-order valence-electron chi connectivity index (χ1n) is 11.2. The van der Waals surface area contributed by atoms with Gasteiger partial charge in [-0.15, -0.1) is 0 Å². The predicted molar refractivity (Wildman–Crippen MR) is 142 cm³/mol. The molecule has 0 aliphatic carbocycles. The number of likely N-dealkylation sites (N-methyl/N-ethyl adjacent to an activating group) is 1. The van der Waals surface area contributed by atoms with Crippen molar-refractivity contribution >= 4 is 52.2 Å². The van der Waals surface area contributed by atoms with E-state index in [4.69, 9.17) is 26.2 Å². The minimum Gasteiger partial charge on any atom is -0.490 e. The smallest absolute Gasteiger partial charge is 0.335 e. The first-order chi connectivity index (χ1) is 17.7. The zero-order chi connectivity index (χ0) is 26.5. The number of rotatable bonds is 8. The molecule has 1 fully saturated rings. The zero-order valence-corrected chi connectivity index (χ0v) is 21.5. The van der Waals surface area contributed by atoms with Gasteiger partial charge in [0.05, 0.1) is 27.8 Å². The third kappa shape index (κ3) is 6.31. The summed E-state index contributed by atoms with van der Waals surface area (Å²) in [4.78, 5) is 30.2. The Morgan fingerprint density at radius 1 is 1.16 bits per heavy atom. The van der Waals surface area contributed by atoms with Gasteiger partial charge in [0.15, 0.2) is 16.7 Å². The van der Waals surface area contributed by atoms with E-state index in [0.717, 1.165) is 0 Å². The van der Waals surface area contributed by atoms with Gasteiger partial charge in [-0.25, -0.2) is 14.2 Å². The summed E-state index contributed by atoms with van der Waals surface area (Å²) in [5.74, 6) is -0.907. The van der Waals surface area contributed by atoms with Gasteiger partial charge < -0.3 is 14.6 Å². The number of carboxylic acids is 1. The molecule has 4 rings (SSSR count). The Kier molecular flexibility index (Phi) is 8.15. The zero-order valence-electron chi connectivity index (χ0n) is 19.9. The molecule has 3 aromatic rings. The number of hydrogen-bond acceptors (Lipinski definition) is 6. The summed E-state index contributed by atoms with van der Waals surface area (Å²) >= 11 is 7.70. The van der Waals surface area contributed by atoms with Gasteiger partial charge in [-0.05, 0) is 84.4 Å². The molecular formula is C27H22ClFN2O5S. The summed E-state index contributed by atoms with van der Waals surface area (Å²) < 4.78 is 25.1. The number of benzene rings is 3. The third-order valence-corrected chi connectivity index (χ3v) is 6.59. The Labute approximate surface area is 222 Å². The van der Waals surface area contributed by atoms with Crippen LogP contribution in [-0.4, -0.2) is 40.7 Å². The minimum atomic E-state index is -1.03. The number of halogens is 2. The molecular weight excluding hydrogens is 519 g/mol. The Bertz CT molecular complexity index is 1410. The highest BCUT2D eigenvalue weighted by atomic mass is 35.5.